The van der Waals surface area contributed by atoms with Crippen LogP contribution in [-0.2, 0) is 27.8 Å². The molecule has 0 radical (unpaired) electrons. The van der Waals surface area contributed by atoms with Gasteiger partial charge in [-0.15, -0.1) is 0 Å². The van der Waals surface area contributed by atoms with Crippen molar-refractivity contribution in [1.82, 2.24) is 14.1 Å². The van der Waals surface area contributed by atoms with E-state index in [-0.39, 0.29) is 16.7 Å². The Hall–Kier alpha value is -2.71. The Morgan fingerprint density at radius 2 is 1.56 bits per heavy atom. The van der Waals surface area contributed by atoms with Crippen molar-refractivity contribution in [2.45, 2.75) is 44.6 Å². The highest BCUT2D eigenvalue weighted by Crippen LogP contribution is 2.25. The number of hydrogen-bond acceptors (Lipinski definition) is 4. The van der Waals surface area contributed by atoms with Crippen LogP contribution in [0.2, 0.25) is 0 Å². The molecule has 1 fully saturated rings. The Morgan fingerprint density at radius 1 is 0.882 bits per heavy atom. The summed E-state index contributed by atoms with van der Waals surface area (Å²) in [5, 5.41) is 0. The van der Waals surface area contributed by atoms with Gasteiger partial charge in [0, 0.05) is 51.3 Å². The van der Waals surface area contributed by atoms with E-state index < -0.39 is 10.0 Å². The van der Waals surface area contributed by atoms with Gasteiger partial charge in [0.1, 0.15) is 0 Å². The van der Waals surface area contributed by atoms with E-state index in [0.29, 0.717) is 63.6 Å². The van der Waals surface area contributed by atoms with Crippen molar-refractivity contribution in [3.63, 3.8) is 0 Å². The number of sulfonamides is 1. The number of carbonyl (C=O) groups excluding carboxylic acids is 2. The molecule has 2 aliphatic rings. The minimum Gasteiger partial charge on any atom is -0.339 e. The van der Waals surface area contributed by atoms with Gasteiger partial charge in [-0.2, -0.15) is 4.31 Å². The first-order chi connectivity index (χ1) is 16.3. The lowest BCUT2D eigenvalue weighted by molar-refractivity contribution is -0.132. The van der Waals surface area contributed by atoms with E-state index >= 15 is 0 Å². The standard InChI is InChI=1S/C26H33N3O4S/c1-20(2)10-11-25(30)27-14-16-28(17-15-27)26(31)22-8-5-9-24(18-22)34(32,33)29-13-12-21-6-3-4-7-23(21)19-29/h3-9,18,20H,10-17,19H2,1-2H3. The predicted molar refractivity (Wildman–Crippen MR) is 131 cm³/mol. The second-order valence-electron chi connectivity index (χ2n) is 9.49. The van der Waals surface area contributed by atoms with E-state index in [0.717, 1.165) is 12.0 Å². The van der Waals surface area contributed by atoms with Crippen molar-refractivity contribution in [1.29, 1.82) is 0 Å². The smallest absolute Gasteiger partial charge is 0.254 e. The van der Waals surface area contributed by atoms with Crippen molar-refractivity contribution in [2.75, 3.05) is 32.7 Å². The molecule has 0 N–H and O–H groups in total. The molecule has 2 aliphatic heterocycles. The lowest BCUT2D eigenvalue weighted by Crippen LogP contribution is -2.50. The molecule has 4 rings (SSSR count). The van der Waals surface area contributed by atoms with Crippen LogP contribution in [0, 0.1) is 5.92 Å². The first kappa shape index (κ1) is 24.4. The summed E-state index contributed by atoms with van der Waals surface area (Å²) in [7, 11) is -3.72. The molecule has 34 heavy (non-hydrogen) atoms. The number of fused-ring (bicyclic) bond motifs is 1. The highest BCUT2D eigenvalue weighted by Gasteiger charge is 2.30. The molecule has 0 atom stereocenters. The third-order valence-electron chi connectivity index (χ3n) is 6.67. The molecule has 0 aliphatic carbocycles. The zero-order valence-electron chi connectivity index (χ0n) is 19.9. The van der Waals surface area contributed by atoms with Crippen LogP contribution in [0.15, 0.2) is 53.4 Å². The molecule has 0 bridgehead atoms. The van der Waals surface area contributed by atoms with Crippen molar-refractivity contribution in [3.8, 4) is 0 Å². The Balaban J connectivity index is 1.42. The van der Waals surface area contributed by atoms with Gasteiger partial charge in [0.25, 0.3) is 5.91 Å². The molecule has 0 spiro atoms. The molecule has 0 aromatic heterocycles. The second-order valence-corrected chi connectivity index (χ2v) is 11.4. The van der Waals surface area contributed by atoms with Gasteiger partial charge in [-0.3, -0.25) is 9.59 Å². The Labute approximate surface area is 202 Å². The molecule has 2 heterocycles. The molecule has 2 amide bonds. The van der Waals surface area contributed by atoms with Gasteiger partial charge in [-0.05, 0) is 48.1 Å². The molecular formula is C26H33N3O4S. The number of nitrogens with zero attached hydrogens (tertiary/aromatic N) is 3. The predicted octanol–water partition coefficient (Wildman–Crippen LogP) is 3.15. The van der Waals surface area contributed by atoms with Crippen molar-refractivity contribution in [2.24, 2.45) is 5.92 Å². The average Bonchev–Trinajstić information content (AvgIpc) is 2.86. The van der Waals surface area contributed by atoms with Crippen molar-refractivity contribution < 1.29 is 18.0 Å². The first-order valence-corrected chi connectivity index (χ1v) is 13.4. The van der Waals surface area contributed by atoms with E-state index in [1.165, 1.54) is 15.9 Å². The third kappa shape index (κ3) is 5.33. The topological polar surface area (TPSA) is 78.0 Å². The number of carbonyl (C=O) groups is 2. The fourth-order valence-electron chi connectivity index (χ4n) is 4.53. The Morgan fingerprint density at radius 3 is 2.26 bits per heavy atom. The Kier molecular flexibility index (Phi) is 7.38. The zero-order chi connectivity index (χ0) is 24.3. The molecule has 7 nitrogen and oxygen atoms in total. The molecule has 2 aromatic carbocycles. The van der Waals surface area contributed by atoms with Crippen LogP contribution in [0.5, 0.6) is 0 Å². The minimum absolute atomic E-state index is 0.136. The van der Waals surface area contributed by atoms with Crippen LogP contribution in [0.1, 0.15) is 48.2 Å². The lowest BCUT2D eigenvalue weighted by atomic mass is 10.0. The SMILES string of the molecule is CC(C)CCC(=O)N1CCN(C(=O)c2cccc(S(=O)(=O)N3CCc4ccccc4C3)c2)CC1. The third-order valence-corrected chi connectivity index (χ3v) is 8.51. The van der Waals surface area contributed by atoms with E-state index in [1.807, 2.05) is 29.2 Å². The fourth-order valence-corrected chi connectivity index (χ4v) is 5.99. The molecule has 182 valence electrons. The van der Waals surface area contributed by atoms with Gasteiger partial charge in [-0.1, -0.05) is 44.2 Å². The van der Waals surface area contributed by atoms with Crippen LogP contribution in [-0.4, -0.2) is 67.1 Å². The highest BCUT2D eigenvalue weighted by molar-refractivity contribution is 7.89. The maximum absolute atomic E-state index is 13.3. The number of benzene rings is 2. The maximum Gasteiger partial charge on any atom is 0.254 e. The van der Waals surface area contributed by atoms with Gasteiger partial charge in [0.15, 0.2) is 0 Å². The van der Waals surface area contributed by atoms with E-state index in [1.54, 1.807) is 23.1 Å². The van der Waals surface area contributed by atoms with Crippen LogP contribution in [0.25, 0.3) is 0 Å². The molecule has 0 saturated carbocycles. The molecule has 1 saturated heterocycles. The highest BCUT2D eigenvalue weighted by atomic mass is 32.2. The van der Waals surface area contributed by atoms with E-state index in [4.69, 9.17) is 0 Å². The van der Waals surface area contributed by atoms with Crippen molar-refractivity contribution in [3.05, 3.63) is 65.2 Å². The summed E-state index contributed by atoms with van der Waals surface area (Å²) in [5.74, 6) is 0.419. The lowest BCUT2D eigenvalue weighted by Gasteiger charge is -2.35. The molecular weight excluding hydrogens is 450 g/mol. The summed E-state index contributed by atoms with van der Waals surface area (Å²) in [6, 6.07) is 14.2. The second kappa shape index (κ2) is 10.3. The van der Waals surface area contributed by atoms with Gasteiger partial charge in [0.2, 0.25) is 15.9 Å². The molecule has 8 heteroatoms. The van der Waals surface area contributed by atoms with Crippen LogP contribution < -0.4 is 0 Å². The average molecular weight is 484 g/mol. The first-order valence-electron chi connectivity index (χ1n) is 12.0. The normalized spacial score (nSPS) is 17.0. The quantitative estimate of drug-likeness (QED) is 0.632. The largest absolute Gasteiger partial charge is 0.339 e. The van der Waals surface area contributed by atoms with Gasteiger partial charge in [0.05, 0.1) is 4.90 Å². The summed E-state index contributed by atoms with van der Waals surface area (Å²) < 4.78 is 28.2. The molecule has 0 unspecified atom stereocenters. The zero-order valence-corrected chi connectivity index (χ0v) is 20.8. The fraction of sp³-hybridized carbons (Fsp3) is 0.462. The van der Waals surface area contributed by atoms with E-state index in [2.05, 4.69) is 13.8 Å². The summed E-state index contributed by atoms with van der Waals surface area (Å²) in [6.07, 6.45) is 2.07. The summed E-state index contributed by atoms with van der Waals surface area (Å²) >= 11 is 0. The van der Waals surface area contributed by atoms with Crippen LogP contribution >= 0.6 is 0 Å². The van der Waals surface area contributed by atoms with Gasteiger partial charge in [-0.25, -0.2) is 8.42 Å². The molecule has 2 aromatic rings. The van der Waals surface area contributed by atoms with Gasteiger partial charge >= 0.3 is 0 Å². The summed E-state index contributed by atoms with van der Waals surface area (Å²) in [6.45, 7) is 6.87. The number of amides is 2. The monoisotopic (exact) mass is 483 g/mol. The number of piperazine rings is 1. The van der Waals surface area contributed by atoms with Gasteiger partial charge < -0.3 is 9.80 Å². The number of rotatable bonds is 6. The minimum atomic E-state index is -3.72. The number of hydrogen-bond donors (Lipinski definition) is 0. The summed E-state index contributed by atoms with van der Waals surface area (Å²) in [5.41, 5.74) is 2.56. The van der Waals surface area contributed by atoms with Crippen molar-refractivity contribution >= 4 is 21.8 Å². The maximum atomic E-state index is 13.3. The van der Waals surface area contributed by atoms with Crippen LogP contribution in [0.3, 0.4) is 0 Å². The van der Waals surface area contributed by atoms with E-state index in [9.17, 15) is 18.0 Å². The van der Waals surface area contributed by atoms with Crippen LogP contribution in [0.4, 0.5) is 0 Å². The summed E-state index contributed by atoms with van der Waals surface area (Å²) in [4.78, 5) is 29.2. The Bertz CT molecular complexity index is 1150.